The molecule has 92 valence electrons. The maximum absolute atomic E-state index is 12.2. The summed E-state index contributed by atoms with van der Waals surface area (Å²) in [5.41, 5.74) is 12.8. The lowest BCUT2D eigenvalue weighted by Crippen LogP contribution is -2.35. The number of nitrogens with two attached hydrogens (primary N) is 2. The molecule has 0 radical (unpaired) electrons. The first kappa shape index (κ1) is 11.7. The molecule has 0 saturated heterocycles. The fraction of sp³-hybridized carbons (Fsp3) is 0.417. The molecule has 5 heteroatoms. The van der Waals surface area contributed by atoms with Crippen molar-refractivity contribution >= 4 is 17.3 Å². The van der Waals surface area contributed by atoms with Crippen molar-refractivity contribution in [3.05, 3.63) is 23.8 Å². The maximum Gasteiger partial charge on any atom is 0.254 e. The fourth-order valence-corrected chi connectivity index (χ4v) is 1.91. The Morgan fingerprint density at radius 3 is 2.35 bits per heavy atom. The van der Waals surface area contributed by atoms with E-state index in [4.69, 9.17) is 16.6 Å². The van der Waals surface area contributed by atoms with Crippen molar-refractivity contribution in [3.63, 3.8) is 0 Å². The summed E-state index contributed by atoms with van der Waals surface area (Å²) in [7, 11) is 0. The number of aliphatic hydroxyl groups excluding tert-OH is 1. The molecule has 1 aliphatic rings. The van der Waals surface area contributed by atoms with E-state index in [0.29, 0.717) is 23.5 Å². The molecule has 0 aliphatic heterocycles. The third kappa shape index (κ3) is 2.68. The zero-order valence-corrected chi connectivity index (χ0v) is 9.60. The van der Waals surface area contributed by atoms with Crippen molar-refractivity contribution in [1.29, 1.82) is 0 Å². The van der Waals surface area contributed by atoms with E-state index < -0.39 is 0 Å². The van der Waals surface area contributed by atoms with Gasteiger partial charge in [0.05, 0.1) is 6.61 Å². The number of amides is 1. The Kier molecular flexibility index (Phi) is 3.19. The summed E-state index contributed by atoms with van der Waals surface area (Å²) in [6.07, 6.45) is 2.01. The molecule has 0 unspecified atom stereocenters. The summed E-state index contributed by atoms with van der Waals surface area (Å²) in [5.74, 6) is -0.111. The third-order valence-corrected chi connectivity index (χ3v) is 2.81. The summed E-state index contributed by atoms with van der Waals surface area (Å²) in [6.45, 7) is 0.332. The molecule has 2 rings (SSSR count). The van der Waals surface area contributed by atoms with Gasteiger partial charge >= 0.3 is 0 Å². The summed E-state index contributed by atoms with van der Waals surface area (Å²) >= 11 is 0. The van der Waals surface area contributed by atoms with E-state index in [-0.39, 0.29) is 18.6 Å². The summed E-state index contributed by atoms with van der Waals surface area (Å²) in [5, 5.41) is 8.98. The lowest BCUT2D eigenvalue weighted by atomic mass is 10.1. The minimum absolute atomic E-state index is 0.0277. The molecule has 1 aliphatic carbocycles. The van der Waals surface area contributed by atoms with Gasteiger partial charge in [-0.25, -0.2) is 0 Å². The number of nitrogen functional groups attached to an aromatic ring is 2. The number of aliphatic hydroxyl groups is 1. The number of anilines is 2. The van der Waals surface area contributed by atoms with Gasteiger partial charge in [0.15, 0.2) is 0 Å². The molecule has 0 spiro atoms. The molecule has 0 bridgehead atoms. The van der Waals surface area contributed by atoms with E-state index in [1.165, 1.54) is 0 Å². The Bertz CT molecular complexity index is 410. The topological polar surface area (TPSA) is 92.6 Å². The first-order valence-corrected chi connectivity index (χ1v) is 5.69. The van der Waals surface area contributed by atoms with Gasteiger partial charge in [0.25, 0.3) is 5.91 Å². The van der Waals surface area contributed by atoms with E-state index in [0.717, 1.165) is 12.8 Å². The zero-order valence-electron chi connectivity index (χ0n) is 9.60. The van der Waals surface area contributed by atoms with E-state index in [2.05, 4.69) is 0 Å². The van der Waals surface area contributed by atoms with E-state index in [1.807, 2.05) is 0 Å². The predicted molar refractivity (Wildman–Crippen MR) is 66.4 cm³/mol. The Hall–Kier alpha value is -1.75. The number of hydrogen-bond donors (Lipinski definition) is 3. The van der Waals surface area contributed by atoms with Crippen LogP contribution in [0.5, 0.6) is 0 Å². The Balaban J connectivity index is 2.21. The maximum atomic E-state index is 12.2. The molecule has 1 amide bonds. The first-order chi connectivity index (χ1) is 8.11. The van der Waals surface area contributed by atoms with Gasteiger partial charge in [-0.15, -0.1) is 0 Å². The second-order valence-electron chi connectivity index (χ2n) is 4.34. The average Bonchev–Trinajstić information content (AvgIpc) is 3.07. The van der Waals surface area contributed by atoms with E-state index in [1.54, 1.807) is 23.1 Å². The van der Waals surface area contributed by atoms with Crippen LogP contribution in [-0.2, 0) is 0 Å². The largest absolute Gasteiger partial charge is 0.399 e. The number of hydrogen-bond acceptors (Lipinski definition) is 4. The molecular weight excluding hydrogens is 218 g/mol. The van der Waals surface area contributed by atoms with Crippen molar-refractivity contribution in [2.45, 2.75) is 18.9 Å². The molecule has 17 heavy (non-hydrogen) atoms. The lowest BCUT2D eigenvalue weighted by Gasteiger charge is -2.21. The third-order valence-electron chi connectivity index (χ3n) is 2.81. The Morgan fingerprint density at radius 1 is 1.29 bits per heavy atom. The van der Waals surface area contributed by atoms with Crippen LogP contribution in [0.3, 0.4) is 0 Å². The molecule has 0 aromatic heterocycles. The van der Waals surface area contributed by atoms with Crippen LogP contribution in [0.15, 0.2) is 18.2 Å². The first-order valence-electron chi connectivity index (χ1n) is 5.69. The number of rotatable bonds is 4. The van der Waals surface area contributed by atoms with Crippen LogP contribution < -0.4 is 11.5 Å². The molecule has 1 saturated carbocycles. The van der Waals surface area contributed by atoms with Crippen LogP contribution >= 0.6 is 0 Å². The van der Waals surface area contributed by atoms with Gasteiger partial charge in [0, 0.05) is 29.5 Å². The molecule has 0 atom stereocenters. The van der Waals surface area contributed by atoms with Crippen LogP contribution in [0, 0.1) is 0 Å². The minimum atomic E-state index is -0.111. The Labute approximate surface area is 100 Å². The van der Waals surface area contributed by atoms with Gasteiger partial charge in [0.2, 0.25) is 0 Å². The number of carbonyl (C=O) groups excluding carboxylic acids is 1. The predicted octanol–water partition coefficient (Wildman–Crippen LogP) is 0.448. The van der Waals surface area contributed by atoms with Crippen LogP contribution in [0.2, 0.25) is 0 Å². The SMILES string of the molecule is Nc1cc(N)cc(C(=O)N(CCO)C2CC2)c1. The normalized spacial score (nSPS) is 14.6. The fourth-order valence-electron chi connectivity index (χ4n) is 1.91. The van der Waals surface area contributed by atoms with Gasteiger partial charge in [-0.3, -0.25) is 4.79 Å². The molecule has 1 aromatic rings. The van der Waals surface area contributed by atoms with E-state index in [9.17, 15) is 4.79 Å². The molecule has 1 fully saturated rings. The highest BCUT2D eigenvalue weighted by molar-refractivity contribution is 5.96. The van der Waals surface area contributed by atoms with Crippen LogP contribution in [0.25, 0.3) is 0 Å². The average molecular weight is 235 g/mol. The highest BCUT2D eigenvalue weighted by Crippen LogP contribution is 2.28. The zero-order chi connectivity index (χ0) is 12.4. The van der Waals surface area contributed by atoms with Crippen molar-refractivity contribution in [1.82, 2.24) is 4.90 Å². The monoisotopic (exact) mass is 235 g/mol. The lowest BCUT2D eigenvalue weighted by molar-refractivity contribution is 0.0708. The van der Waals surface area contributed by atoms with Crippen molar-refractivity contribution in [2.24, 2.45) is 0 Å². The van der Waals surface area contributed by atoms with Gasteiger partial charge in [-0.1, -0.05) is 0 Å². The van der Waals surface area contributed by atoms with Crippen molar-refractivity contribution < 1.29 is 9.90 Å². The molecule has 5 nitrogen and oxygen atoms in total. The number of nitrogens with zero attached hydrogens (tertiary/aromatic N) is 1. The summed E-state index contributed by atoms with van der Waals surface area (Å²) in [4.78, 5) is 13.9. The molecule has 0 heterocycles. The van der Waals surface area contributed by atoms with Crippen molar-refractivity contribution in [3.8, 4) is 0 Å². The molecular formula is C12H17N3O2. The highest BCUT2D eigenvalue weighted by Gasteiger charge is 2.32. The van der Waals surface area contributed by atoms with Crippen LogP contribution in [0.4, 0.5) is 11.4 Å². The van der Waals surface area contributed by atoms with Gasteiger partial charge in [-0.05, 0) is 31.0 Å². The van der Waals surface area contributed by atoms with E-state index >= 15 is 0 Å². The van der Waals surface area contributed by atoms with Crippen LogP contribution in [-0.4, -0.2) is 35.1 Å². The van der Waals surface area contributed by atoms with Gasteiger partial charge in [-0.2, -0.15) is 0 Å². The second kappa shape index (κ2) is 4.63. The van der Waals surface area contributed by atoms with Gasteiger partial charge in [0.1, 0.15) is 0 Å². The standard InChI is InChI=1S/C12H17N3O2/c13-9-5-8(6-10(14)7-9)12(17)15(3-4-16)11-1-2-11/h5-7,11,16H,1-4,13-14H2. The smallest absolute Gasteiger partial charge is 0.254 e. The highest BCUT2D eigenvalue weighted by atomic mass is 16.3. The van der Waals surface area contributed by atoms with Gasteiger partial charge < -0.3 is 21.5 Å². The Morgan fingerprint density at radius 2 is 1.88 bits per heavy atom. The minimum Gasteiger partial charge on any atom is -0.399 e. The van der Waals surface area contributed by atoms with Crippen molar-refractivity contribution in [2.75, 3.05) is 24.6 Å². The second-order valence-corrected chi connectivity index (χ2v) is 4.34. The quantitative estimate of drug-likeness (QED) is 0.660. The molecule has 5 N–H and O–H groups in total. The number of carbonyl (C=O) groups is 1. The number of benzene rings is 1. The van der Waals surface area contributed by atoms with Crippen LogP contribution in [0.1, 0.15) is 23.2 Å². The summed E-state index contributed by atoms with van der Waals surface area (Å²) < 4.78 is 0. The molecule has 1 aromatic carbocycles. The summed E-state index contributed by atoms with van der Waals surface area (Å²) in [6, 6.07) is 5.11.